The quantitative estimate of drug-likeness (QED) is 0.817. The number of carbonyl (C=O) groups is 1. The number of thiophene rings is 1. The molecule has 5 heteroatoms. The fourth-order valence-corrected chi connectivity index (χ4v) is 4.53. The molecular weight excluding hydrogens is 282 g/mol. The summed E-state index contributed by atoms with van der Waals surface area (Å²) in [6.07, 6.45) is 3.51. The van der Waals surface area contributed by atoms with Crippen LogP contribution in [0.25, 0.3) is 10.1 Å². The van der Waals surface area contributed by atoms with Gasteiger partial charge in [-0.3, -0.25) is 4.79 Å². The highest BCUT2D eigenvalue weighted by atomic mass is 32.1. The first-order chi connectivity index (χ1) is 10.2. The van der Waals surface area contributed by atoms with Crippen molar-refractivity contribution in [3.8, 4) is 0 Å². The van der Waals surface area contributed by atoms with Crippen LogP contribution in [0.3, 0.4) is 0 Å². The van der Waals surface area contributed by atoms with E-state index in [1.165, 1.54) is 17.5 Å². The number of benzene rings is 1. The topological polar surface area (TPSA) is 53.2 Å². The van der Waals surface area contributed by atoms with Crippen molar-refractivity contribution in [3.05, 3.63) is 29.1 Å². The maximum Gasteiger partial charge on any atom is 0.251 e. The molecule has 2 aliphatic heterocycles. The fraction of sp³-hybridized carbons (Fsp3) is 0.438. The molecule has 4 nitrogen and oxygen atoms in total. The molecule has 1 aromatic carbocycles. The molecule has 2 aromatic rings. The van der Waals surface area contributed by atoms with E-state index in [2.05, 4.69) is 21.3 Å². The molecule has 0 aliphatic carbocycles. The van der Waals surface area contributed by atoms with Gasteiger partial charge in [0.15, 0.2) is 0 Å². The zero-order chi connectivity index (χ0) is 14.4. The summed E-state index contributed by atoms with van der Waals surface area (Å²) in [6, 6.07) is 7.32. The molecule has 110 valence electrons. The van der Waals surface area contributed by atoms with Gasteiger partial charge in [-0.25, -0.2) is 0 Å². The average Bonchev–Trinajstić information content (AvgIpc) is 3.21. The first-order valence-electron chi connectivity index (χ1n) is 7.50. The standard InChI is InChI=1S/C16H19N3OS/c1-17-14-8-21-15-5-2-9(6-11(14)15)16(20)19-13-7-10-3-4-12(13)18-10/h2,5-6,8,10,12-13,17-18H,3-4,7H2,1H3,(H,19,20)/t10-,12+,13-/m1/s1. The Bertz CT molecular complexity index is 696. The van der Waals surface area contributed by atoms with E-state index in [0.29, 0.717) is 12.1 Å². The van der Waals surface area contributed by atoms with Crippen molar-refractivity contribution in [1.29, 1.82) is 0 Å². The summed E-state index contributed by atoms with van der Waals surface area (Å²) in [5, 5.41) is 13.2. The second-order valence-corrected chi connectivity index (χ2v) is 6.88. The summed E-state index contributed by atoms with van der Waals surface area (Å²) in [5.41, 5.74) is 1.84. The van der Waals surface area contributed by atoms with Crippen LogP contribution in [0, 0.1) is 0 Å². The Labute approximate surface area is 127 Å². The summed E-state index contributed by atoms with van der Waals surface area (Å²) >= 11 is 1.70. The highest BCUT2D eigenvalue weighted by molar-refractivity contribution is 7.17. The number of carbonyl (C=O) groups excluding carboxylic acids is 1. The van der Waals surface area contributed by atoms with Crippen LogP contribution >= 0.6 is 11.3 Å². The number of amides is 1. The van der Waals surface area contributed by atoms with E-state index < -0.39 is 0 Å². The normalized spacial score (nSPS) is 27.2. The Balaban J connectivity index is 1.56. The average molecular weight is 301 g/mol. The number of hydrogen-bond donors (Lipinski definition) is 3. The van der Waals surface area contributed by atoms with Gasteiger partial charge in [0.1, 0.15) is 0 Å². The van der Waals surface area contributed by atoms with Crippen molar-refractivity contribution in [1.82, 2.24) is 10.6 Å². The summed E-state index contributed by atoms with van der Waals surface area (Å²) in [5.74, 6) is 0.0458. The zero-order valence-corrected chi connectivity index (χ0v) is 12.8. The zero-order valence-electron chi connectivity index (χ0n) is 12.0. The smallest absolute Gasteiger partial charge is 0.251 e. The lowest BCUT2D eigenvalue weighted by Gasteiger charge is -2.21. The Morgan fingerprint density at radius 3 is 3.00 bits per heavy atom. The summed E-state index contributed by atoms with van der Waals surface area (Å²) in [6.45, 7) is 0. The van der Waals surface area contributed by atoms with Crippen LogP contribution in [0.15, 0.2) is 23.6 Å². The molecule has 4 rings (SSSR count). The van der Waals surface area contributed by atoms with Crippen molar-refractivity contribution >= 4 is 33.0 Å². The van der Waals surface area contributed by atoms with Crippen LogP contribution in [0.2, 0.25) is 0 Å². The third-order valence-electron chi connectivity index (χ3n) is 4.72. The predicted molar refractivity (Wildman–Crippen MR) is 87.2 cm³/mol. The molecule has 3 heterocycles. The van der Waals surface area contributed by atoms with E-state index in [9.17, 15) is 4.79 Å². The van der Waals surface area contributed by atoms with Gasteiger partial charge in [0.2, 0.25) is 0 Å². The third-order valence-corrected chi connectivity index (χ3v) is 5.69. The van der Waals surface area contributed by atoms with Crippen molar-refractivity contribution in [2.75, 3.05) is 12.4 Å². The molecular formula is C16H19N3OS. The van der Waals surface area contributed by atoms with Crippen LogP contribution in [0.5, 0.6) is 0 Å². The maximum absolute atomic E-state index is 12.5. The summed E-state index contributed by atoms with van der Waals surface area (Å²) in [7, 11) is 1.91. The van der Waals surface area contributed by atoms with Gasteiger partial charge in [-0.2, -0.15) is 0 Å². The van der Waals surface area contributed by atoms with Gasteiger partial charge < -0.3 is 16.0 Å². The van der Waals surface area contributed by atoms with Gasteiger partial charge in [-0.1, -0.05) is 0 Å². The van der Waals surface area contributed by atoms with E-state index in [1.807, 2.05) is 25.2 Å². The molecule has 3 N–H and O–H groups in total. The summed E-state index contributed by atoms with van der Waals surface area (Å²) in [4.78, 5) is 12.5. The monoisotopic (exact) mass is 301 g/mol. The second kappa shape index (κ2) is 5.00. The minimum atomic E-state index is 0.0458. The lowest BCUT2D eigenvalue weighted by atomic mass is 9.95. The lowest BCUT2D eigenvalue weighted by molar-refractivity contribution is 0.0931. The highest BCUT2D eigenvalue weighted by Crippen LogP contribution is 2.31. The van der Waals surface area contributed by atoms with E-state index in [1.54, 1.807) is 11.3 Å². The molecule has 2 aliphatic rings. The molecule has 0 saturated carbocycles. The van der Waals surface area contributed by atoms with Gasteiger partial charge in [0, 0.05) is 46.2 Å². The molecule has 2 bridgehead atoms. The molecule has 0 unspecified atom stereocenters. The van der Waals surface area contributed by atoms with Crippen molar-refractivity contribution < 1.29 is 4.79 Å². The second-order valence-electron chi connectivity index (χ2n) is 5.97. The molecule has 2 saturated heterocycles. The highest BCUT2D eigenvalue weighted by Gasteiger charge is 2.39. The molecule has 21 heavy (non-hydrogen) atoms. The van der Waals surface area contributed by atoms with Crippen molar-refractivity contribution in [2.45, 2.75) is 37.4 Å². The molecule has 2 fully saturated rings. The van der Waals surface area contributed by atoms with Crippen molar-refractivity contribution in [3.63, 3.8) is 0 Å². The first-order valence-corrected chi connectivity index (χ1v) is 8.38. The third kappa shape index (κ3) is 2.21. The Morgan fingerprint density at radius 1 is 1.38 bits per heavy atom. The number of fused-ring (bicyclic) bond motifs is 3. The number of nitrogens with one attached hydrogen (secondary N) is 3. The van der Waals surface area contributed by atoms with Gasteiger partial charge in [-0.15, -0.1) is 11.3 Å². The molecule has 1 amide bonds. The number of anilines is 1. The SMILES string of the molecule is CNc1csc2ccc(C(=O)N[C@@H]3C[C@H]4CC[C@@H]3N4)cc12. The maximum atomic E-state index is 12.5. The van der Waals surface area contributed by atoms with Crippen LogP contribution in [0.4, 0.5) is 5.69 Å². The van der Waals surface area contributed by atoms with Crippen LogP contribution in [-0.4, -0.2) is 31.1 Å². The fourth-order valence-electron chi connectivity index (χ4n) is 3.60. The van der Waals surface area contributed by atoms with E-state index in [4.69, 9.17) is 0 Å². The molecule has 3 atom stereocenters. The minimum Gasteiger partial charge on any atom is -0.387 e. The van der Waals surface area contributed by atoms with E-state index in [-0.39, 0.29) is 11.9 Å². The van der Waals surface area contributed by atoms with Gasteiger partial charge >= 0.3 is 0 Å². The van der Waals surface area contributed by atoms with E-state index >= 15 is 0 Å². The first kappa shape index (κ1) is 13.1. The van der Waals surface area contributed by atoms with E-state index in [0.717, 1.165) is 23.1 Å². The summed E-state index contributed by atoms with van der Waals surface area (Å²) < 4.78 is 1.21. The predicted octanol–water partition coefficient (Wildman–Crippen LogP) is 2.57. The van der Waals surface area contributed by atoms with Gasteiger partial charge in [0.05, 0.1) is 5.69 Å². The Hall–Kier alpha value is -1.59. The van der Waals surface area contributed by atoms with Gasteiger partial charge in [0.25, 0.3) is 5.91 Å². The molecule has 0 spiro atoms. The van der Waals surface area contributed by atoms with Crippen LogP contribution < -0.4 is 16.0 Å². The van der Waals surface area contributed by atoms with Crippen LogP contribution in [0.1, 0.15) is 29.6 Å². The Morgan fingerprint density at radius 2 is 2.29 bits per heavy atom. The number of hydrogen-bond acceptors (Lipinski definition) is 4. The lowest BCUT2D eigenvalue weighted by Crippen LogP contribution is -2.42. The number of rotatable bonds is 3. The largest absolute Gasteiger partial charge is 0.387 e. The Kier molecular flexibility index (Phi) is 3.12. The van der Waals surface area contributed by atoms with Gasteiger partial charge in [-0.05, 0) is 37.5 Å². The molecule has 1 aromatic heterocycles. The minimum absolute atomic E-state index is 0.0458. The van der Waals surface area contributed by atoms with Crippen LogP contribution in [-0.2, 0) is 0 Å². The molecule has 0 radical (unpaired) electrons. The van der Waals surface area contributed by atoms with Crippen molar-refractivity contribution in [2.24, 2.45) is 0 Å².